The van der Waals surface area contributed by atoms with E-state index in [0.29, 0.717) is 25.9 Å². The summed E-state index contributed by atoms with van der Waals surface area (Å²) in [5.41, 5.74) is 12.7. The van der Waals surface area contributed by atoms with E-state index in [-0.39, 0.29) is 44.5 Å². The van der Waals surface area contributed by atoms with E-state index in [1.54, 1.807) is 0 Å². The molecule has 0 radical (unpaired) electrons. The van der Waals surface area contributed by atoms with Gasteiger partial charge in [-0.2, -0.15) is 0 Å². The normalized spacial score (nSPS) is 10.5. The van der Waals surface area contributed by atoms with E-state index in [4.69, 9.17) is 11.5 Å². The number of primary amides is 1. The Morgan fingerprint density at radius 3 is 1.66 bits per heavy atom. The zero-order chi connectivity index (χ0) is 25.6. The number of benzene rings is 2. The lowest BCUT2D eigenvalue weighted by molar-refractivity contribution is -0.145. The van der Waals surface area contributed by atoms with Crippen LogP contribution in [0.3, 0.4) is 0 Å². The number of rotatable bonds is 14. The van der Waals surface area contributed by atoms with Crippen LogP contribution in [0, 0.1) is 0 Å². The predicted octanol–water partition coefficient (Wildman–Crippen LogP) is 1.12. The highest BCUT2D eigenvalue weighted by Crippen LogP contribution is 2.09. The molecule has 0 aliphatic heterocycles. The number of nitrogens with two attached hydrogens (primary N) is 2. The number of carbonyl (C=O) groups is 4. The molecule has 9 heteroatoms. The van der Waals surface area contributed by atoms with Crippen LogP contribution in [-0.4, -0.2) is 71.1 Å². The Kier molecular flexibility index (Phi) is 11.4. The van der Waals surface area contributed by atoms with E-state index in [9.17, 15) is 19.2 Å². The van der Waals surface area contributed by atoms with Crippen LogP contribution in [0.2, 0.25) is 0 Å². The van der Waals surface area contributed by atoms with Gasteiger partial charge in [-0.1, -0.05) is 60.7 Å². The van der Waals surface area contributed by atoms with Gasteiger partial charge in [0.05, 0.1) is 13.1 Å². The highest BCUT2D eigenvalue weighted by atomic mass is 16.2. The van der Waals surface area contributed by atoms with E-state index in [0.717, 1.165) is 11.1 Å². The lowest BCUT2D eigenvalue weighted by Gasteiger charge is -2.29. The van der Waals surface area contributed by atoms with Crippen molar-refractivity contribution in [2.24, 2.45) is 11.5 Å². The predicted molar refractivity (Wildman–Crippen MR) is 133 cm³/mol. The molecule has 4 N–H and O–H groups in total. The minimum Gasteiger partial charge on any atom is -0.368 e. The monoisotopic (exact) mass is 481 g/mol. The maximum absolute atomic E-state index is 13.2. The summed E-state index contributed by atoms with van der Waals surface area (Å²) in [5, 5.41) is 0. The standard InChI is InChI=1S/C26H35N5O4/c1-21(32)30(16-22-10-4-2-5-11-22)20-25(34)29(15-9-8-14-27)19-26(35)31(18-24(28)33)17-23-12-6-3-7-13-23/h2-7,10-13H,8-9,14-20,27H2,1H3,(H2,28,33). The van der Waals surface area contributed by atoms with Gasteiger partial charge >= 0.3 is 0 Å². The molecule has 0 heterocycles. The van der Waals surface area contributed by atoms with E-state index < -0.39 is 11.8 Å². The van der Waals surface area contributed by atoms with Crippen LogP contribution in [0.4, 0.5) is 0 Å². The van der Waals surface area contributed by atoms with Crippen molar-refractivity contribution in [3.05, 3.63) is 71.8 Å². The van der Waals surface area contributed by atoms with Crippen molar-refractivity contribution in [3.63, 3.8) is 0 Å². The molecule has 0 saturated heterocycles. The fourth-order valence-electron chi connectivity index (χ4n) is 3.57. The molecule has 0 aromatic heterocycles. The molecule has 0 aliphatic rings. The smallest absolute Gasteiger partial charge is 0.242 e. The van der Waals surface area contributed by atoms with Gasteiger partial charge in [0.25, 0.3) is 0 Å². The van der Waals surface area contributed by atoms with Crippen molar-refractivity contribution in [2.75, 3.05) is 32.7 Å². The molecule has 0 spiro atoms. The fraction of sp³-hybridized carbons (Fsp3) is 0.385. The minimum absolute atomic E-state index is 0.158. The summed E-state index contributed by atoms with van der Waals surface area (Å²) < 4.78 is 0. The Bertz CT molecular complexity index is 968. The number of carbonyl (C=O) groups excluding carboxylic acids is 4. The van der Waals surface area contributed by atoms with Crippen molar-refractivity contribution in [1.82, 2.24) is 14.7 Å². The summed E-state index contributed by atoms with van der Waals surface area (Å²) in [6.07, 6.45) is 1.30. The zero-order valence-corrected chi connectivity index (χ0v) is 20.3. The van der Waals surface area contributed by atoms with Crippen LogP contribution in [-0.2, 0) is 32.3 Å². The topological polar surface area (TPSA) is 130 Å². The molecule has 9 nitrogen and oxygen atoms in total. The van der Waals surface area contributed by atoms with Crippen molar-refractivity contribution in [1.29, 1.82) is 0 Å². The summed E-state index contributed by atoms with van der Waals surface area (Å²) in [4.78, 5) is 54.4. The van der Waals surface area contributed by atoms with Gasteiger partial charge in [-0.25, -0.2) is 0 Å². The molecule has 0 fully saturated rings. The molecule has 0 atom stereocenters. The third kappa shape index (κ3) is 9.97. The number of unbranched alkanes of at least 4 members (excludes halogenated alkanes) is 1. The Labute approximate surface area is 206 Å². The molecule has 2 aromatic carbocycles. The van der Waals surface area contributed by atoms with Crippen LogP contribution in [0.5, 0.6) is 0 Å². The molecule has 0 unspecified atom stereocenters. The molecule has 0 aliphatic carbocycles. The second-order valence-electron chi connectivity index (χ2n) is 8.37. The molecule has 4 amide bonds. The number of hydrogen-bond donors (Lipinski definition) is 2. The first-order valence-corrected chi connectivity index (χ1v) is 11.7. The first-order chi connectivity index (χ1) is 16.8. The lowest BCUT2D eigenvalue weighted by atomic mass is 10.2. The van der Waals surface area contributed by atoms with E-state index in [1.807, 2.05) is 60.7 Å². The Morgan fingerprint density at radius 1 is 0.686 bits per heavy atom. The molecule has 188 valence electrons. The highest BCUT2D eigenvalue weighted by Gasteiger charge is 2.24. The summed E-state index contributed by atoms with van der Waals surface area (Å²) in [5.74, 6) is -1.62. The molecule has 2 rings (SSSR count). The van der Waals surface area contributed by atoms with Crippen molar-refractivity contribution >= 4 is 23.6 Å². The Balaban J connectivity index is 2.14. The SMILES string of the molecule is CC(=O)N(CC(=O)N(CCCCN)CC(=O)N(CC(N)=O)Cc1ccccc1)Cc1ccccc1. The van der Waals surface area contributed by atoms with E-state index in [1.165, 1.54) is 21.6 Å². The molecular formula is C26H35N5O4. The second-order valence-corrected chi connectivity index (χ2v) is 8.37. The molecule has 0 bridgehead atoms. The van der Waals surface area contributed by atoms with E-state index in [2.05, 4.69) is 0 Å². The Hall–Kier alpha value is -3.72. The van der Waals surface area contributed by atoms with Gasteiger partial charge in [0.2, 0.25) is 23.6 Å². The molecule has 0 saturated carbocycles. The van der Waals surface area contributed by atoms with Crippen LogP contribution in [0.25, 0.3) is 0 Å². The summed E-state index contributed by atoms with van der Waals surface area (Å²) in [6, 6.07) is 18.6. The molecule has 35 heavy (non-hydrogen) atoms. The maximum Gasteiger partial charge on any atom is 0.242 e. The first-order valence-electron chi connectivity index (χ1n) is 11.7. The average molecular weight is 482 g/mol. The number of nitrogens with zero attached hydrogens (tertiary/aromatic N) is 3. The van der Waals surface area contributed by atoms with Gasteiger partial charge in [-0.3, -0.25) is 19.2 Å². The lowest BCUT2D eigenvalue weighted by Crippen LogP contribution is -2.48. The van der Waals surface area contributed by atoms with Crippen LogP contribution >= 0.6 is 0 Å². The fourth-order valence-corrected chi connectivity index (χ4v) is 3.57. The maximum atomic E-state index is 13.2. The van der Waals surface area contributed by atoms with Gasteiger partial charge in [-0.05, 0) is 30.5 Å². The highest BCUT2D eigenvalue weighted by molar-refractivity contribution is 5.89. The van der Waals surface area contributed by atoms with Gasteiger partial charge in [0.1, 0.15) is 6.54 Å². The largest absolute Gasteiger partial charge is 0.368 e. The zero-order valence-electron chi connectivity index (χ0n) is 20.3. The van der Waals surface area contributed by atoms with Gasteiger partial charge in [0, 0.05) is 26.6 Å². The minimum atomic E-state index is -0.638. The average Bonchev–Trinajstić information content (AvgIpc) is 2.83. The molecule has 2 aromatic rings. The van der Waals surface area contributed by atoms with Crippen LogP contribution in [0.1, 0.15) is 30.9 Å². The number of hydrogen-bond acceptors (Lipinski definition) is 5. The summed E-state index contributed by atoms with van der Waals surface area (Å²) in [7, 11) is 0. The third-order valence-corrected chi connectivity index (χ3v) is 5.46. The van der Waals surface area contributed by atoms with Crippen LogP contribution < -0.4 is 11.5 Å². The first kappa shape index (κ1) is 27.5. The van der Waals surface area contributed by atoms with Gasteiger partial charge in [0.15, 0.2) is 0 Å². The Morgan fingerprint density at radius 2 is 1.17 bits per heavy atom. The summed E-state index contributed by atoms with van der Waals surface area (Å²) in [6.45, 7) is 2.03. The third-order valence-electron chi connectivity index (χ3n) is 5.46. The second kappa shape index (κ2) is 14.5. The van der Waals surface area contributed by atoms with Gasteiger partial charge in [-0.15, -0.1) is 0 Å². The van der Waals surface area contributed by atoms with Crippen LogP contribution in [0.15, 0.2) is 60.7 Å². The number of amides is 4. The molecular weight excluding hydrogens is 446 g/mol. The van der Waals surface area contributed by atoms with Crippen molar-refractivity contribution < 1.29 is 19.2 Å². The quantitative estimate of drug-likeness (QED) is 0.391. The van der Waals surface area contributed by atoms with Crippen molar-refractivity contribution in [3.8, 4) is 0 Å². The van der Waals surface area contributed by atoms with Gasteiger partial charge < -0.3 is 26.2 Å². The summed E-state index contributed by atoms with van der Waals surface area (Å²) >= 11 is 0. The van der Waals surface area contributed by atoms with Crippen molar-refractivity contribution in [2.45, 2.75) is 32.9 Å². The van der Waals surface area contributed by atoms with E-state index >= 15 is 0 Å².